The third-order valence-corrected chi connectivity index (χ3v) is 4.22. The Morgan fingerprint density at radius 3 is 2.48 bits per heavy atom. The molecule has 0 aliphatic heterocycles. The van der Waals surface area contributed by atoms with Crippen LogP contribution in [0.4, 0.5) is 5.69 Å². The fourth-order valence-corrected chi connectivity index (χ4v) is 2.87. The molecule has 0 heterocycles. The highest BCUT2D eigenvalue weighted by Crippen LogP contribution is 2.28. The molecular formula is C16H16BrNO5. The molecule has 6 nitrogen and oxygen atoms in total. The minimum absolute atomic E-state index is 0.202. The van der Waals surface area contributed by atoms with Gasteiger partial charge in [0, 0.05) is 4.47 Å². The first-order chi connectivity index (χ1) is 10.9. The molecule has 0 saturated carbocycles. The molecule has 1 aliphatic carbocycles. The summed E-state index contributed by atoms with van der Waals surface area (Å²) in [5.41, 5.74) is 0.497. The minimum atomic E-state index is -1.00. The monoisotopic (exact) mass is 381 g/mol. The number of amides is 1. The van der Waals surface area contributed by atoms with Crippen molar-refractivity contribution in [3.63, 3.8) is 0 Å². The maximum absolute atomic E-state index is 12.5. The van der Waals surface area contributed by atoms with Crippen molar-refractivity contribution in [2.45, 2.75) is 12.8 Å². The van der Waals surface area contributed by atoms with E-state index in [1.54, 1.807) is 24.3 Å². The Bertz CT molecular complexity index is 670. The number of aliphatic carboxylic acids is 1. The van der Waals surface area contributed by atoms with E-state index in [1.807, 2.05) is 0 Å². The number of rotatable bonds is 4. The number of carboxylic acid groups (broad SMARTS) is 1. The molecule has 0 radical (unpaired) electrons. The molecule has 1 amide bonds. The highest BCUT2D eigenvalue weighted by molar-refractivity contribution is 9.10. The summed E-state index contributed by atoms with van der Waals surface area (Å²) in [4.78, 5) is 35.6. The third kappa shape index (κ3) is 3.98. The van der Waals surface area contributed by atoms with Gasteiger partial charge in [-0.05, 0) is 31.0 Å². The summed E-state index contributed by atoms with van der Waals surface area (Å²) >= 11 is 3.26. The van der Waals surface area contributed by atoms with Gasteiger partial charge in [0.05, 0.1) is 30.2 Å². The number of carbonyl (C=O) groups is 3. The van der Waals surface area contributed by atoms with Crippen molar-refractivity contribution < 1.29 is 24.2 Å². The van der Waals surface area contributed by atoms with Gasteiger partial charge >= 0.3 is 11.9 Å². The topological polar surface area (TPSA) is 92.7 Å². The zero-order valence-corrected chi connectivity index (χ0v) is 14.0. The average molecular weight is 382 g/mol. The van der Waals surface area contributed by atoms with Crippen LogP contribution in [0.1, 0.15) is 23.2 Å². The van der Waals surface area contributed by atoms with E-state index < -0.39 is 29.7 Å². The van der Waals surface area contributed by atoms with E-state index in [9.17, 15) is 19.5 Å². The van der Waals surface area contributed by atoms with Crippen molar-refractivity contribution in [3.05, 3.63) is 40.4 Å². The van der Waals surface area contributed by atoms with E-state index in [1.165, 1.54) is 13.2 Å². The molecule has 1 aromatic carbocycles. The first-order valence-corrected chi connectivity index (χ1v) is 7.80. The van der Waals surface area contributed by atoms with E-state index in [4.69, 9.17) is 4.74 Å². The lowest BCUT2D eigenvalue weighted by Crippen LogP contribution is -2.35. The Kier molecular flexibility index (Phi) is 5.54. The molecule has 122 valence electrons. The Hall–Kier alpha value is -2.15. The van der Waals surface area contributed by atoms with Crippen LogP contribution in [-0.2, 0) is 14.3 Å². The summed E-state index contributed by atoms with van der Waals surface area (Å²) in [5, 5.41) is 11.9. The van der Waals surface area contributed by atoms with Crippen LogP contribution in [0.3, 0.4) is 0 Å². The van der Waals surface area contributed by atoms with Crippen molar-refractivity contribution in [3.8, 4) is 0 Å². The second kappa shape index (κ2) is 7.41. The summed E-state index contributed by atoms with van der Waals surface area (Å²) in [7, 11) is 1.25. The second-order valence-electron chi connectivity index (χ2n) is 5.16. The van der Waals surface area contributed by atoms with Crippen LogP contribution in [0.5, 0.6) is 0 Å². The smallest absolute Gasteiger partial charge is 0.340 e. The molecule has 0 saturated heterocycles. The number of methoxy groups -OCH3 is 1. The van der Waals surface area contributed by atoms with Crippen LogP contribution >= 0.6 is 15.9 Å². The number of carbonyl (C=O) groups excluding carboxylic acids is 2. The summed E-state index contributed by atoms with van der Waals surface area (Å²) in [6.45, 7) is 0. The van der Waals surface area contributed by atoms with Gasteiger partial charge in [0.25, 0.3) is 0 Å². The molecule has 1 aromatic rings. The first-order valence-electron chi connectivity index (χ1n) is 7.00. The second-order valence-corrected chi connectivity index (χ2v) is 6.08. The molecule has 0 fully saturated rings. The predicted molar refractivity (Wildman–Crippen MR) is 87.1 cm³/mol. The first kappa shape index (κ1) is 17.2. The Morgan fingerprint density at radius 1 is 1.22 bits per heavy atom. The number of hydrogen-bond donors (Lipinski definition) is 2. The summed E-state index contributed by atoms with van der Waals surface area (Å²) in [6.07, 6.45) is 4.24. The Balaban J connectivity index is 2.24. The predicted octanol–water partition coefficient (Wildman–Crippen LogP) is 2.84. The summed E-state index contributed by atoms with van der Waals surface area (Å²) < 4.78 is 5.37. The molecule has 2 atom stereocenters. The largest absolute Gasteiger partial charge is 0.481 e. The molecule has 23 heavy (non-hydrogen) atoms. The molecular weight excluding hydrogens is 366 g/mol. The lowest BCUT2D eigenvalue weighted by molar-refractivity contribution is -0.146. The fraction of sp³-hybridized carbons (Fsp3) is 0.312. The van der Waals surface area contributed by atoms with Gasteiger partial charge in [-0.2, -0.15) is 0 Å². The highest BCUT2D eigenvalue weighted by Gasteiger charge is 2.34. The number of hydrogen-bond acceptors (Lipinski definition) is 4. The number of allylic oxidation sites excluding steroid dienone is 2. The number of carboxylic acids is 1. The summed E-state index contributed by atoms with van der Waals surface area (Å²) in [5.74, 6) is -3.45. The molecule has 2 rings (SSSR count). The normalized spacial score (nSPS) is 19.9. The number of ether oxygens (including phenoxy) is 1. The van der Waals surface area contributed by atoms with Crippen LogP contribution in [0.25, 0.3) is 0 Å². The lowest BCUT2D eigenvalue weighted by Gasteiger charge is -2.24. The van der Waals surface area contributed by atoms with Crippen LogP contribution in [0.15, 0.2) is 34.8 Å². The maximum Gasteiger partial charge on any atom is 0.340 e. The van der Waals surface area contributed by atoms with Crippen molar-refractivity contribution in [2.75, 3.05) is 12.4 Å². The SMILES string of the molecule is COC(=O)c1cc(Br)ccc1NC(=O)C1CC=CCC1C(=O)O. The van der Waals surface area contributed by atoms with E-state index in [0.29, 0.717) is 23.0 Å². The number of halogens is 1. The number of esters is 1. The Morgan fingerprint density at radius 2 is 1.87 bits per heavy atom. The lowest BCUT2D eigenvalue weighted by atomic mass is 9.82. The molecule has 2 unspecified atom stereocenters. The number of anilines is 1. The van der Waals surface area contributed by atoms with Gasteiger partial charge < -0.3 is 15.2 Å². The van der Waals surface area contributed by atoms with Gasteiger partial charge in [-0.3, -0.25) is 9.59 Å². The summed E-state index contributed by atoms with van der Waals surface area (Å²) in [6, 6.07) is 4.79. The van der Waals surface area contributed by atoms with E-state index >= 15 is 0 Å². The molecule has 1 aliphatic rings. The van der Waals surface area contributed by atoms with Gasteiger partial charge in [0.1, 0.15) is 0 Å². The standard InChI is InChI=1S/C16H16BrNO5/c1-23-16(22)12-8-9(17)6-7-13(12)18-14(19)10-4-2-3-5-11(10)15(20)21/h2-3,6-8,10-11H,4-5H2,1H3,(H,18,19)(H,20,21). The zero-order chi connectivity index (χ0) is 17.0. The van der Waals surface area contributed by atoms with Crippen LogP contribution < -0.4 is 5.32 Å². The molecule has 7 heteroatoms. The van der Waals surface area contributed by atoms with Crippen molar-refractivity contribution >= 4 is 39.5 Å². The van der Waals surface area contributed by atoms with Crippen molar-refractivity contribution in [1.29, 1.82) is 0 Å². The number of benzene rings is 1. The highest BCUT2D eigenvalue weighted by atomic mass is 79.9. The van der Waals surface area contributed by atoms with Gasteiger partial charge in [-0.15, -0.1) is 0 Å². The van der Waals surface area contributed by atoms with E-state index in [-0.39, 0.29) is 5.56 Å². The number of nitrogens with one attached hydrogen (secondary N) is 1. The van der Waals surface area contributed by atoms with Crippen molar-refractivity contribution in [1.82, 2.24) is 0 Å². The van der Waals surface area contributed by atoms with E-state index in [0.717, 1.165) is 0 Å². The van der Waals surface area contributed by atoms with Gasteiger partial charge in [-0.1, -0.05) is 28.1 Å². The van der Waals surface area contributed by atoms with Crippen LogP contribution in [0, 0.1) is 11.8 Å². The van der Waals surface area contributed by atoms with Gasteiger partial charge in [0.2, 0.25) is 5.91 Å². The maximum atomic E-state index is 12.5. The van der Waals surface area contributed by atoms with Gasteiger partial charge in [0.15, 0.2) is 0 Å². The molecule has 0 spiro atoms. The average Bonchev–Trinajstić information content (AvgIpc) is 2.55. The minimum Gasteiger partial charge on any atom is -0.481 e. The quantitative estimate of drug-likeness (QED) is 0.617. The van der Waals surface area contributed by atoms with Crippen molar-refractivity contribution in [2.24, 2.45) is 11.8 Å². The molecule has 2 N–H and O–H groups in total. The third-order valence-electron chi connectivity index (χ3n) is 3.73. The van der Waals surface area contributed by atoms with Gasteiger partial charge in [-0.25, -0.2) is 4.79 Å². The molecule has 0 bridgehead atoms. The molecule has 0 aromatic heterocycles. The van der Waals surface area contributed by atoms with Crippen LogP contribution in [0.2, 0.25) is 0 Å². The van der Waals surface area contributed by atoms with Crippen LogP contribution in [-0.4, -0.2) is 30.1 Å². The Labute approximate surface area is 141 Å². The van der Waals surface area contributed by atoms with E-state index in [2.05, 4.69) is 21.2 Å². The zero-order valence-electron chi connectivity index (χ0n) is 12.4. The fourth-order valence-electron chi connectivity index (χ4n) is 2.51.